The van der Waals surface area contributed by atoms with Crippen molar-refractivity contribution in [2.45, 2.75) is 6.92 Å². The fraction of sp³-hybridized carbons (Fsp3) is 0.429. The lowest BCUT2D eigenvalue weighted by Gasteiger charge is -2.01. The van der Waals surface area contributed by atoms with Crippen LogP contribution in [-0.2, 0) is 4.74 Å². The Balaban J connectivity index is 2.96. The van der Waals surface area contributed by atoms with Crippen molar-refractivity contribution in [3.8, 4) is 5.88 Å². The molecule has 0 aromatic carbocycles. The molecule has 0 aliphatic carbocycles. The van der Waals surface area contributed by atoms with Crippen molar-refractivity contribution in [3.05, 3.63) is 10.2 Å². The van der Waals surface area contributed by atoms with E-state index in [9.17, 15) is 4.79 Å². The van der Waals surface area contributed by atoms with Crippen molar-refractivity contribution in [2.75, 3.05) is 13.7 Å². The van der Waals surface area contributed by atoms with Gasteiger partial charge < -0.3 is 9.47 Å². The number of methoxy groups -OCH3 is 1. The number of esters is 1. The maximum atomic E-state index is 11.3. The second kappa shape index (κ2) is 4.27. The second-order valence-electron chi connectivity index (χ2n) is 2.14. The quantitative estimate of drug-likeness (QED) is 0.821. The first-order valence-corrected chi connectivity index (χ1v) is 4.45. The Hall–Kier alpha value is -1.04. The summed E-state index contributed by atoms with van der Waals surface area (Å²) in [7, 11) is 1.45. The van der Waals surface area contributed by atoms with Crippen molar-refractivity contribution >= 4 is 21.9 Å². The van der Waals surface area contributed by atoms with Crippen molar-refractivity contribution in [2.24, 2.45) is 0 Å². The molecule has 0 saturated heterocycles. The predicted octanol–water partition coefficient (Wildman–Crippen LogP) is 1.36. The minimum Gasteiger partial charge on any atom is -0.481 e. The summed E-state index contributed by atoms with van der Waals surface area (Å²) in [5.41, 5.74) is 0.282. The number of carbonyl (C=O) groups is 1. The number of nitrogens with one attached hydrogen (secondary N) is 1. The maximum Gasteiger partial charge on any atom is 0.346 e. The number of aromatic nitrogens is 2. The molecular weight excluding hydrogens is 240 g/mol. The van der Waals surface area contributed by atoms with Crippen molar-refractivity contribution in [1.29, 1.82) is 0 Å². The third-order valence-corrected chi connectivity index (χ3v) is 1.95. The van der Waals surface area contributed by atoms with Gasteiger partial charge in [0.05, 0.1) is 13.7 Å². The van der Waals surface area contributed by atoms with Crippen molar-refractivity contribution in [1.82, 2.24) is 10.2 Å². The Kier molecular flexibility index (Phi) is 3.30. The van der Waals surface area contributed by atoms with Crippen LogP contribution in [0.25, 0.3) is 0 Å². The van der Waals surface area contributed by atoms with Crippen LogP contribution in [0.1, 0.15) is 17.3 Å². The fourth-order valence-corrected chi connectivity index (χ4v) is 1.26. The maximum absolute atomic E-state index is 11.3. The van der Waals surface area contributed by atoms with E-state index in [2.05, 4.69) is 26.1 Å². The van der Waals surface area contributed by atoms with Crippen LogP contribution in [0.5, 0.6) is 5.88 Å². The molecule has 1 N–H and O–H groups in total. The zero-order chi connectivity index (χ0) is 9.84. The standard InChI is InChI=1S/C7H9BrN2O3/c1-3-13-7(11)4-5(8)9-10-6(4)12-2/h3H2,1-2H3,(H,9,10). The number of nitrogens with zero attached hydrogens (tertiary/aromatic N) is 1. The van der Waals surface area contributed by atoms with E-state index in [1.165, 1.54) is 7.11 Å². The second-order valence-corrected chi connectivity index (χ2v) is 2.89. The van der Waals surface area contributed by atoms with E-state index in [4.69, 9.17) is 9.47 Å². The third-order valence-electron chi connectivity index (χ3n) is 1.37. The van der Waals surface area contributed by atoms with E-state index in [0.29, 0.717) is 17.1 Å². The van der Waals surface area contributed by atoms with Crippen LogP contribution in [0, 0.1) is 0 Å². The molecule has 0 spiro atoms. The Labute approximate surface area is 83.5 Å². The number of carbonyl (C=O) groups excluding carboxylic acids is 1. The van der Waals surface area contributed by atoms with Crippen LogP contribution in [0.3, 0.4) is 0 Å². The Morgan fingerprint density at radius 3 is 2.92 bits per heavy atom. The van der Waals surface area contributed by atoms with Crippen LogP contribution in [0.4, 0.5) is 0 Å². The summed E-state index contributed by atoms with van der Waals surface area (Å²) in [6, 6.07) is 0. The molecular formula is C7H9BrN2O3. The molecule has 0 saturated carbocycles. The van der Waals surface area contributed by atoms with E-state index in [0.717, 1.165) is 0 Å². The Bertz CT molecular complexity index is 311. The number of rotatable bonds is 3. The summed E-state index contributed by atoms with van der Waals surface area (Å²) in [6.45, 7) is 2.05. The zero-order valence-corrected chi connectivity index (χ0v) is 8.84. The number of H-pyrrole nitrogens is 1. The molecule has 0 aliphatic rings. The lowest BCUT2D eigenvalue weighted by Crippen LogP contribution is -2.05. The summed E-state index contributed by atoms with van der Waals surface area (Å²) in [4.78, 5) is 11.3. The molecule has 13 heavy (non-hydrogen) atoms. The molecule has 0 aliphatic heterocycles. The molecule has 0 bridgehead atoms. The highest BCUT2D eigenvalue weighted by molar-refractivity contribution is 9.10. The minimum atomic E-state index is -0.458. The number of ether oxygens (including phenoxy) is 2. The predicted molar refractivity (Wildman–Crippen MR) is 48.8 cm³/mol. The van der Waals surface area contributed by atoms with Gasteiger partial charge in [-0.3, -0.25) is 0 Å². The molecule has 1 aromatic heterocycles. The topological polar surface area (TPSA) is 64.2 Å². The summed E-state index contributed by atoms with van der Waals surface area (Å²) < 4.78 is 10.1. The van der Waals surface area contributed by atoms with Crippen LogP contribution >= 0.6 is 15.9 Å². The normalized spacial score (nSPS) is 9.77. The van der Waals surface area contributed by atoms with Crippen LogP contribution in [0.15, 0.2) is 4.60 Å². The first-order valence-electron chi connectivity index (χ1n) is 3.65. The lowest BCUT2D eigenvalue weighted by molar-refractivity contribution is 0.0521. The summed E-state index contributed by atoms with van der Waals surface area (Å²) in [5, 5.41) is 6.30. The molecule has 1 heterocycles. The van der Waals surface area contributed by atoms with Gasteiger partial charge in [0.15, 0.2) is 5.56 Å². The number of hydrogen-bond donors (Lipinski definition) is 1. The van der Waals surface area contributed by atoms with Crippen LogP contribution < -0.4 is 4.74 Å². The van der Waals surface area contributed by atoms with Crippen LogP contribution in [0.2, 0.25) is 0 Å². The van der Waals surface area contributed by atoms with Gasteiger partial charge in [0.1, 0.15) is 4.60 Å². The highest BCUT2D eigenvalue weighted by Gasteiger charge is 2.20. The zero-order valence-electron chi connectivity index (χ0n) is 7.26. The van der Waals surface area contributed by atoms with Gasteiger partial charge in [0.2, 0.25) is 5.88 Å². The number of aromatic amines is 1. The summed E-state index contributed by atoms with van der Waals surface area (Å²) >= 11 is 3.11. The van der Waals surface area contributed by atoms with Gasteiger partial charge in [-0.05, 0) is 22.9 Å². The van der Waals surface area contributed by atoms with Gasteiger partial charge in [-0.2, -0.15) is 5.10 Å². The molecule has 1 rings (SSSR count). The van der Waals surface area contributed by atoms with Gasteiger partial charge in [-0.25, -0.2) is 9.89 Å². The summed E-state index contributed by atoms with van der Waals surface area (Å²) in [5.74, 6) is -0.162. The van der Waals surface area contributed by atoms with Gasteiger partial charge in [0, 0.05) is 0 Å². The van der Waals surface area contributed by atoms with Gasteiger partial charge in [0.25, 0.3) is 0 Å². The average Bonchev–Trinajstić information content (AvgIpc) is 2.47. The van der Waals surface area contributed by atoms with Gasteiger partial charge in [-0.1, -0.05) is 0 Å². The largest absolute Gasteiger partial charge is 0.481 e. The van der Waals surface area contributed by atoms with Gasteiger partial charge >= 0.3 is 5.97 Å². The molecule has 72 valence electrons. The van der Waals surface area contributed by atoms with Gasteiger partial charge in [-0.15, -0.1) is 0 Å². The molecule has 0 amide bonds. The highest BCUT2D eigenvalue weighted by atomic mass is 79.9. The van der Waals surface area contributed by atoms with Crippen molar-refractivity contribution in [3.63, 3.8) is 0 Å². The monoisotopic (exact) mass is 248 g/mol. The fourth-order valence-electron chi connectivity index (χ4n) is 0.833. The molecule has 5 nitrogen and oxygen atoms in total. The van der Waals surface area contributed by atoms with E-state index >= 15 is 0 Å². The first-order chi connectivity index (χ1) is 6.20. The molecule has 0 radical (unpaired) electrons. The van der Waals surface area contributed by atoms with Crippen molar-refractivity contribution < 1.29 is 14.3 Å². The van der Waals surface area contributed by atoms with E-state index < -0.39 is 5.97 Å². The molecule has 1 aromatic rings. The Morgan fingerprint density at radius 2 is 2.38 bits per heavy atom. The molecule has 0 unspecified atom stereocenters. The average molecular weight is 249 g/mol. The number of halogens is 1. The molecule has 0 atom stereocenters. The highest BCUT2D eigenvalue weighted by Crippen LogP contribution is 2.23. The van der Waals surface area contributed by atoms with E-state index in [1.807, 2.05) is 0 Å². The Morgan fingerprint density at radius 1 is 1.69 bits per heavy atom. The molecule has 0 fully saturated rings. The number of hydrogen-bond acceptors (Lipinski definition) is 4. The van der Waals surface area contributed by atoms with Crippen LogP contribution in [-0.4, -0.2) is 29.9 Å². The smallest absolute Gasteiger partial charge is 0.346 e. The van der Waals surface area contributed by atoms with E-state index in [-0.39, 0.29) is 5.56 Å². The van der Waals surface area contributed by atoms with E-state index in [1.54, 1.807) is 6.92 Å². The summed E-state index contributed by atoms with van der Waals surface area (Å²) in [6.07, 6.45) is 0. The minimum absolute atomic E-state index is 0.282. The third kappa shape index (κ3) is 2.00. The first kappa shape index (κ1) is 10.0. The SMILES string of the molecule is CCOC(=O)c1c(Br)n[nH]c1OC. The molecule has 6 heteroatoms. The lowest BCUT2D eigenvalue weighted by atomic mass is 10.3.